The minimum absolute atomic E-state index is 0.671. The maximum absolute atomic E-state index is 3.54. The summed E-state index contributed by atoms with van der Waals surface area (Å²) >= 11 is 0. The Kier molecular flexibility index (Phi) is 10.9. The van der Waals surface area contributed by atoms with Gasteiger partial charge in [-0.1, -0.05) is 6.92 Å². The van der Waals surface area contributed by atoms with Crippen LogP contribution >= 0.6 is 0 Å². The first-order chi connectivity index (χ1) is 8.06. The van der Waals surface area contributed by atoms with E-state index in [-0.39, 0.29) is 0 Å². The van der Waals surface area contributed by atoms with Crippen molar-refractivity contribution in [2.45, 2.75) is 45.6 Å². The minimum Gasteiger partial charge on any atom is -0.314 e. The number of hydrogen-bond acceptors (Lipinski definition) is 3. The van der Waals surface area contributed by atoms with E-state index in [1.165, 1.54) is 45.3 Å². The Morgan fingerprint density at radius 2 is 1.65 bits per heavy atom. The van der Waals surface area contributed by atoms with Gasteiger partial charge in [-0.3, -0.25) is 0 Å². The average Bonchev–Trinajstić information content (AvgIpc) is 2.25. The van der Waals surface area contributed by atoms with Crippen LogP contribution in [0.15, 0.2) is 0 Å². The highest BCUT2D eigenvalue weighted by molar-refractivity contribution is 4.62. The van der Waals surface area contributed by atoms with Crippen LogP contribution in [0.3, 0.4) is 0 Å². The summed E-state index contributed by atoms with van der Waals surface area (Å²) in [6.45, 7) is 9.30. The molecule has 0 spiro atoms. The highest BCUT2D eigenvalue weighted by Gasteiger charge is 2.02. The molecule has 1 unspecified atom stereocenters. The fourth-order valence-corrected chi connectivity index (χ4v) is 1.93. The Bertz CT molecular complexity index is 160. The summed E-state index contributed by atoms with van der Waals surface area (Å²) in [7, 11) is 6.52. The van der Waals surface area contributed by atoms with Crippen LogP contribution in [0.4, 0.5) is 0 Å². The van der Waals surface area contributed by atoms with E-state index >= 15 is 0 Å². The van der Waals surface area contributed by atoms with Gasteiger partial charge in [-0.05, 0) is 79.9 Å². The number of rotatable bonds is 11. The highest BCUT2D eigenvalue weighted by atomic mass is 15.1. The number of hydrogen-bond donors (Lipinski definition) is 1. The van der Waals surface area contributed by atoms with E-state index in [0.717, 1.165) is 6.54 Å². The van der Waals surface area contributed by atoms with Crippen LogP contribution in [0, 0.1) is 0 Å². The standard InChI is InChI=1S/C14H33N3/c1-6-10-15-14(2)9-7-12-17(5)13-8-11-16(3)4/h14-15H,6-13H2,1-5H3. The molecule has 0 fully saturated rings. The van der Waals surface area contributed by atoms with Gasteiger partial charge in [0, 0.05) is 6.04 Å². The summed E-state index contributed by atoms with van der Waals surface area (Å²) in [5, 5.41) is 3.54. The predicted octanol–water partition coefficient (Wildman–Crippen LogP) is 2.04. The molecule has 0 saturated carbocycles. The lowest BCUT2D eigenvalue weighted by molar-refractivity contribution is 0.291. The molecule has 3 heteroatoms. The molecular formula is C14H33N3. The molecule has 104 valence electrons. The summed E-state index contributed by atoms with van der Waals surface area (Å²) in [5.74, 6) is 0. The van der Waals surface area contributed by atoms with Gasteiger partial charge in [0.05, 0.1) is 0 Å². The molecule has 0 aromatic rings. The molecule has 0 aromatic carbocycles. The zero-order chi connectivity index (χ0) is 13.1. The first-order valence-corrected chi connectivity index (χ1v) is 7.13. The van der Waals surface area contributed by atoms with E-state index in [2.05, 4.69) is 50.1 Å². The van der Waals surface area contributed by atoms with Crippen LogP contribution in [0.2, 0.25) is 0 Å². The molecule has 0 heterocycles. The Balaban J connectivity index is 3.34. The van der Waals surface area contributed by atoms with Crippen LogP contribution < -0.4 is 5.32 Å². The first-order valence-electron chi connectivity index (χ1n) is 7.13. The lowest BCUT2D eigenvalue weighted by Gasteiger charge is -2.19. The predicted molar refractivity (Wildman–Crippen MR) is 77.7 cm³/mol. The van der Waals surface area contributed by atoms with E-state index in [4.69, 9.17) is 0 Å². The van der Waals surface area contributed by atoms with Crippen LogP contribution in [-0.4, -0.2) is 63.2 Å². The summed E-state index contributed by atoms with van der Waals surface area (Å²) in [4.78, 5) is 4.71. The molecule has 1 N–H and O–H groups in total. The normalized spacial score (nSPS) is 13.6. The van der Waals surface area contributed by atoms with Gasteiger partial charge < -0.3 is 15.1 Å². The molecule has 0 aromatic heterocycles. The molecule has 0 saturated heterocycles. The van der Waals surface area contributed by atoms with Gasteiger partial charge in [0.15, 0.2) is 0 Å². The SMILES string of the molecule is CCCNC(C)CCCN(C)CCCN(C)C. The lowest BCUT2D eigenvalue weighted by Crippen LogP contribution is -2.29. The highest BCUT2D eigenvalue weighted by Crippen LogP contribution is 1.99. The minimum atomic E-state index is 0.671. The zero-order valence-corrected chi connectivity index (χ0v) is 12.6. The van der Waals surface area contributed by atoms with Crippen LogP contribution in [-0.2, 0) is 0 Å². The largest absolute Gasteiger partial charge is 0.314 e. The van der Waals surface area contributed by atoms with Crippen molar-refractivity contribution in [2.75, 3.05) is 47.3 Å². The molecule has 17 heavy (non-hydrogen) atoms. The van der Waals surface area contributed by atoms with Crippen molar-refractivity contribution in [1.82, 2.24) is 15.1 Å². The Morgan fingerprint density at radius 1 is 1.00 bits per heavy atom. The molecular weight excluding hydrogens is 210 g/mol. The van der Waals surface area contributed by atoms with Gasteiger partial charge in [0.25, 0.3) is 0 Å². The molecule has 3 nitrogen and oxygen atoms in total. The summed E-state index contributed by atoms with van der Waals surface area (Å²) in [6, 6.07) is 0.671. The molecule has 0 aliphatic heterocycles. The quantitative estimate of drug-likeness (QED) is 0.599. The van der Waals surface area contributed by atoms with Crippen molar-refractivity contribution in [3.63, 3.8) is 0 Å². The van der Waals surface area contributed by atoms with E-state index in [9.17, 15) is 0 Å². The third-order valence-corrected chi connectivity index (χ3v) is 3.06. The zero-order valence-electron chi connectivity index (χ0n) is 12.6. The van der Waals surface area contributed by atoms with Gasteiger partial charge in [0.2, 0.25) is 0 Å². The average molecular weight is 243 g/mol. The first kappa shape index (κ1) is 16.9. The van der Waals surface area contributed by atoms with Crippen molar-refractivity contribution in [3.05, 3.63) is 0 Å². The molecule has 0 bridgehead atoms. The van der Waals surface area contributed by atoms with Crippen LogP contribution in [0.25, 0.3) is 0 Å². The maximum Gasteiger partial charge on any atom is 0.00391 e. The second-order valence-corrected chi connectivity index (χ2v) is 5.46. The molecule has 0 aliphatic rings. The maximum atomic E-state index is 3.54. The molecule has 0 rings (SSSR count). The number of nitrogens with one attached hydrogen (secondary N) is 1. The van der Waals surface area contributed by atoms with Gasteiger partial charge in [-0.15, -0.1) is 0 Å². The van der Waals surface area contributed by atoms with Crippen molar-refractivity contribution in [1.29, 1.82) is 0 Å². The third-order valence-electron chi connectivity index (χ3n) is 3.06. The summed E-state index contributed by atoms with van der Waals surface area (Å²) in [6.07, 6.45) is 5.09. The van der Waals surface area contributed by atoms with Crippen LogP contribution in [0.1, 0.15) is 39.5 Å². The van der Waals surface area contributed by atoms with Gasteiger partial charge in [-0.2, -0.15) is 0 Å². The number of nitrogens with zero attached hydrogens (tertiary/aromatic N) is 2. The lowest BCUT2D eigenvalue weighted by atomic mass is 10.1. The molecule has 0 radical (unpaired) electrons. The second kappa shape index (κ2) is 11.0. The van der Waals surface area contributed by atoms with Gasteiger partial charge >= 0.3 is 0 Å². The summed E-state index contributed by atoms with van der Waals surface area (Å²) in [5.41, 5.74) is 0. The van der Waals surface area contributed by atoms with Gasteiger partial charge in [-0.25, -0.2) is 0 Å². The monoisotopic (exact) mass is 243 g/mol. The summed E-state index contributed by atoms with van der Waals surface area (Å²) < 4.78 is 0. The topological polar surface area (TPSA) is 18.5 Å². The van der Waals surface area contributed by atoms with Crippen molar-refractivity contribution >= 4 is 0 Å². The van der Waals surface area contributed by atoms with Crippen molar-refractivity contribution in [3.8, 4) is 0 Å². The fourth-order valence-electron chi connectivity index (χ4n) is 1.93. The van der Waals surface area contributed by atoms with Gasteiger partial charge in [0.1, 0.15) is 0 Å². The smallest absolute Gasteiger partial charge is 0.00391 e. The van der Waals surface area contributed by atoms with E-state index in [0.29, 0.717) is 6.04 Å². The fraction of sp³-hybridized carbons (Fsp3) is 1.00. The second-order valence-electron chi connectivity index (χ2n) is 5.46. The van der Waals surface area contributed by atoms with E-state index < -0.39 is 0 Å². The third kappa shape index (κ3) is 12.1. The Hall–Kier alpha value is -0.120. The Labute approximate surface area is 109 Å². The van der Waals surface area contributed by atoms with Crippen molar-refractivity contribution in [2.24, 2.45) is 0 Å². The molecule has 0 amide bonds. The molecule has 0 aliphatic carbocycles. The molecule has 1 atom stereocenters. The van der Waals surface area contributed by atoms with Crippen LogP contribution in [0.5, 0.6) is 0 Å². The van der Waals surface area contributed by atoms with E-state index in [1.807, 2.05) is 0 Å². The van der Waals surface area contributed by atoms with E-state index in [1.54, 1.807) is 0 Å². The Morgan fingerprint density at radius 3 is 2.24 bits per heavy atom. The van der Waals surface area contributed by atoms with Crippen molar-refractivity contribution < 1.29 is 0 Å².